The van der Waals surface area contributed by atoms with Crippen molar-refractivity contribution in [3.05, 3.63) is 24.3 Å². The third-order valence-electron chi connectivity index (χ3n) is 3.47. The second kappa shape index (κ2) is 5.90. The maximum Gasteiger partial charge on any atom is 0.238 e. The first-order chi connectivity index (χ1) is 9.83. The fraction of sp³-hybridized carbons (Fsp3) is 0.500. The summed E-state index contributed by atoms with van der Waals surface area (Å²) < 4.78 is 10.3. The zero-order chi connectivity index (χ0) is 13.8. The van der Waals surface area contributed by atoms with E-state index in [1.807, 2.05) is 4.90 Å². The maximum atomic E-state index is 12.0. The minimum Gasteiger partial charge on any atom is -0.461 e. The molecule has 3 heterocycles. The highest BCUT2D eigenvalue weighted by Crippen LogP contribution is 2.17. The molecule has 106 valence electrons. The maximum absolute atomic E-state index is 12.0. The van der Waals surface area contributed by atoms with Gasteiger partial charge in [0.15, 0.2) is 5.76 Å². The number of nitrogens with zero attached hydrogens (tertiary/aromatic N) is 3. The lowest BCUT2D eigenvalue weighted by Gasteiger charge is -2.26. The molecule has 0 atom stereocenters. The van der Waals surface area contributed by atoms with E-state index >= 15 is 0 Å². The second-order valence-electron chi connectivity index (χ2n) is 4.93. The van der Waals surface area contributed by atoms with Gasteiger partial charge in [-0.25, -0.2) is 0 Å². The van der Waals surface area contributed by atoms with Gasteiger partial charge in [0.2, 0.25) is 17.6 Å². The summed E-state index contributed by atoms with van der Waals surface area (Å²) in [6.45, 7) is 1.75. The van der Waals surface area contributed by atoms with E-state index in [0.717, 1.165) is 25.9 Å². The number of amides is 1. The number of carbonyl (C=O) groups is 1. The SMILES string of the molecule is O=C(CCc1nc(-c2ccco2)no1)N1CCCCC1. The molecule has 0 aromatic carbocycles. The molecule has 0 saturated carbocycles. The van der Waals surface area contributed by atoms with Crippen molar-refractivity contribution in [1.29, 1.82) is 0 Å². The van der Waals surface area contributed by atoms with Gasteiger partial charge in [-0.1, -0.05) is 5.16 Å². The lowest BCUT2D eigenvalue weighted by Crippen LogP contribution is -2.35. The van der Waals surface area contributed by atoms with E-state index in [9.17, 15) is 4.79 Å². The van der Waals surface area contributed by atoms with Crippen LogP contribution in [0.3, 0.4) is 0 Å². The number of furan rings is 1. The highest BCUT2D eigenvalue weighted by Gasteiger charge is 2.18. The standard InChI is InChI=1S/C14H17N3O3/c18-13(17-8-2-1-3-9-17)7-6-12-15-14(16-20-12)11-5-4-10-19-11/h4-5,10H,1-3,6-9H2. The molecule has 2 aromatic heterocycles. The normalized spacial score (nSPS) is 15.5. The third-order valence-corrected chi connectivity index (χ3v) is 3.47. The van der Waals surface area contributed by atoms with Gasteiger partial charge in [-0.15, -0.1) is 0 Å². The number of hydrogen-bond donors (Lipinski definition) is 0. The highest BCUT2D eigenvalue weighted by atomic mass is 16.5. The van der Waals surface area contributed by atoms with E-state index < -0.39 is 0 Å². The Hall–Kier alpha value is -2.11. The van der Waals surface area contributed by atoms with Crippen LogP contribution in [0, 0.1) is 0 Å². The third kappa shape index (κ3) is 2.89. The summed E-state index contributed by atoms with van der Waals surface area (Å²) in [4.78, 5) is 18.2. The molecule has 1 fully saturated rings. The van der Waals surface area contributed by atoms with Gasteiger partial charge < -0.3 is 13.8 Å². The molecule has 1 aliphatic heterocycles. The van der Waals surface area contributed by atoms with Crippen molar-refractivity contribution >= 4 is 5.91 Å². The Kier molecular flexibility index (Phi) is 3.80. The van der Waals surface area contributed by atoms with Gasteiger partial charge in [0.25, 0.3) is 0 Å². The lowest BCUT2D eigenvalue weighted by molar-refractivity contribution is -0.132. The molecule has 0 N–H and O–H groups in total. The number of aryl methyl sites for hydroxylation is 1. The molecule has 1 amide bonds. The molecular weight excluding hydrogens is 258 g/mol. The van der Waals surface area contributed by atoms with Crippen LogP contribution >= 0.6 is 0 Å². The minimum atomic E-state index is 0.169. The summed E-state index contributed by atoms with van der Waals surface area (Å²) in [5.41, 5.74) is 0. The van der Waals surface area contributed by atoms with E-state index in [2.05, 4.69) is 10.1 Å². The largest absolute Gasteiger partial charge is 0.461 e. The smallest absolute Gasteiger partial charge is 0.238 e. The summed E-state index contributed by atoms with van der Waals surface area (Å²) >= 11 is 0. The van der Waals surface area contributed by atoms with Gasteiger partial charge in [0, 0.05) is 25.9 Å². The average molecular weight is 275 g/mol. The topological polar surface area (TPSA) is 72.4 Å². The van der Waals surface area contributed by atoms with Crippen molar-refractivity contribution in [1.82, 2.24) is 15.0 Å². The molecule has 1 saturated heterocycles. The molecule has 6 nitrogen and oxygen atoms in total. The number of rotatable bonds is 4. The van der Waals surface area contributed by atoms with Gasteiger partial charge in [-0.05, 0) is 31.4 Å². The Balaban J connectivity index is 1.54. The van der Waals surface area contributed by atoms with Gasteiger partial charge in [0.1, 0.15) is 0 Å². The number of likely N-dealkylation sites (tertiary alicyclic amines) is 1. The quantitative estimate of drug-likeness (QED) is 0.855. The van der Waals surface area contributed by atoms with E-state index in [4.69, 9.17) is 8.94 Å². The first kappa shape index (κ1) is 12.9. The molecule has 0 bridgehead atoms. The fourth-order valence-corrected chi connectivity index (χ4v) is 2.38. The van der Waals surface area contributed by atoms with Gasteiger partial charge in [-0.2, -0.15) is 4.98 Å². The van der Waals surface area contributed by atoms with Crippen molar-refractivity contribution in [3.8, 4) is 11.6 Å². The predicted molar refractivity (Wildman–Crippen MR) is 70.8 cm³/mol. The monoisotopic (exact) mass is 275 g/mol. The Bertz CT molecular complexity index is 556. The van der Waals surface area contributed by atoms with E-state index in [-0.39, 0.29) is 5.91 Å². The van der Waals surface area contributed by atoms with Crippen LogP contribution in [0.2, 0.25) is 0 Å². The first-order valence-electron chi connectivity index (χ1n) is 6.97. The Morgan fingerprint density at radius 3 is 2.90 bits per heavy atom. The summed E-state index contributed by atoms with van der Waals surface area (Å²) in [5.74, 6) is 1.64. The predicted octanol–water partition coefficient (Wildman–Crippen LogP) is 2.27. The Morgan fingerprint density at radius 1 is 1.30 bits per heavy atom. The highest BCUT2D eigenvalue weighted by molar-refractivity contribution is 5.76. The molecule has 2 aromatic rings. The number of aromatic nitrogens is 2. The molecule has 3 rings (SSSR count). The Labute approximate surface area is 116 Å². The molecule has 0 aliphatic carbocycles. The van der Waals surface area contributed by atoms with Gasteiger partial charge >= 0.3 is 0 Å². The molecule has 0 spiro atoms. The molecule has 6 heteroatoms. The number of hydrogen-bond acceptors (Lipinski definition) is 5. The molecule has 1 aliphatic rings. The van der Waals surface area contributed by atoms with Crippen LogP contribution in [0.15, 0.2) is 27.3 Å². The summed E-state index contributed by atoms with van der Waals surface area (Å²) in [7, 11) is 0. The minimum absolute atomic E-state index is 0.169. The van der Waals surface area contributed by atoms with Gasteiger partial charge in [0.05, 0.1) is 6.26 Å². The van der Waals surface area contributed by atoms with Crippen LogP contribution < -0.4 is 0 Å². The lowest BCUT2D eigenvalue weighted by atomic mass is 10.1. The summed E-state index contributed by atoms with van der Waals surface area (Å²) in [5, 5.41) is 3.84. The van der Waals surface area contributed by atoms with Crippen molar-refractivity contribution in [2.24, 2.45) is 0 Å². The molecule has 20 heavy (non-hydrogen) atoms. The number of piperidine rings is 1. The van der Waals surface area contributed by atoms with Crippen molar-refractivity contribution in [2.45, 2.75) is 32.1 Å². The fourth-order valence-electron chi connectivity index (χ4n) is 2.38. The first-order valence-corrected chi connectivity index (χ1v) is 6.97. The van der Waals surface area contributed by atoms with Crippen LogP contribution in [-0.4, -0.2) is 34.0 Å². The van der Waals surface area contributed by atoms with Crippen LogP contribution in [0.4, 0.5) is 0 Å². The van der Waals surface area contributed by atoms with Crippen LogP contribution in [0.5, 0.6) is 0 Å². The van der Waals surface area contributed by atoms with Crippen LogP contribution in [0.1, 0.15) is 31.6 Å². The van der Waals surface area contributed by atoms with E-state index in [1.165, 1.54) is 6.42 Å². The zero-order valence-corrected chi connectivity index (χ0v) is 11.2. The Morgan fingerprint density at radius 2 is 2.15 bits per heavy atom. The van der Waals surface area contributed by atoms with Crippen LogP contribution in [-0.2, 0) is 11.2 Å². The van der Waals surface area contributed by atoms with E-state index in [1.54, 1.807) is 18.4 Å². The van der Waals surface area contributed by atoms with Gasteiger partial charge in [-0.3, -0.25) is 4.79 Å². The second-order valence-corrected chi connectivity index (χ2v) is 4.93. The van der Waals surface area contributed by atoms with E-state index in [0.29, 0.717) is 30.3 Å². The zero-order valence-electron chi connectivity index (χ0n) is 11.2. The van der Waals surface area contributed by atoms with Crippen LogP contribution in [0.25, 0.3) is 11.6 Å². The van der Waals surface area contributed by atoms with Crippen molar-refractivity contribution in [3.63, 3.8) is 0 Å². The van der Waals surface area contributed by atoms with Crippen molar-refractivity contribution in [2.75, 3.05) is 13.1 Å². The summed E-state index contributed by atoms with van der Waals surface area (Å²) in [6.07, 6.45) is 5.89. The molecule has 0 unspecified atom stereocenters. The van der Waals surface area contributed by atoms with Crippen molar-refractivity contribution < 1.29 is 13.7 Å². The average Bonchev–Trinajstić information content (AvgIpc) is 3.16. The summed E-state index contributed by atoms with van der Waals surface area (Å²) in [6, 6.07) is 3.54. The molecule has 0 radical (unpaired) electrons. The number of carbonyl (C=O) groups excluding carboxylic acids is 1. The molecular formula is C14H17N3O3.